The summed E-state index contributed by atoms with van der Waals surface area (Å²) in [5.74, 6) is 4.16. The van der Waals surface area contributed by atoms with Crippen LogP contribution in [0, 0.1) is 31.2 Å². The Morgan fingerprint density at radius 1 is 1.12 bits per heavy atom. The predicted octanol–water partition coefficient (Wildman–Crippen LogP) is 3.17. The summed E-state index contributed by atoms with van der Waals surface area (Å²) in [6.07, 6.45) is 6.82. The lowest BCUT2D eigenvalue weighted by molar-refractivity contribution is 0.430. The van der Waals surface area contributed by atoms with Gasteiger partial charge in [-0.05, 0) is 43.0 Å². The lowest BCUT2D eigenvalue weighted by Crippen LogP contribution is -2.17. The molecular weight excluding hydrogens is 220 g/mol. The van der Waals surface area contributed by atoms with Crippen LogP contribution in [0.2, 0.25) is 0 Å². The van der Waals surface area contributed by atoms with Crippen LogP contribution in [0.15, 0.2) is 18.2 Å². The van der Waals surface area contributed by atoms with Gasteiger partial charge in [0.2, 0.25) is 0 Å². The van der Waals surface area contributed by atoms with Crippen LogP contribution in [0.1, 0.15) is 43.2 Å². The predicted molar refractivity (Wildman–Crippen MR) is 75.7 cm³/mol. The first-order valence-corrected chi connectivity index (χ1v) is 7.60. The number of hydrogen-bond acceptors (Lipinski definition) is 0. The zero-order chi connectivity index (χ0) is 12.1. The van der Waals surface area contributed by atoms with Crippen molar-refractivity contribution in [1.29, 1.82) is 0 Å². The molecule has 1 fully saturated rings. The maximum Gasteiger partial charge on any atom is 0.186 e. The van der Waals surface area contributed by atoms with E-state index in [1.807, 2.05) is 0 Å². The van der Waals surface area contributed by atoms with Crippen molar-refractivity contribution in [3.05, 3.63) is 29.3 Å². The molecule has 1 heteroatoms. The second kappa shape index (κ2) is 6.07. The summed E-state index contributed by atoms with van der Waals surface area (Å²) in [6.45, 7) is 4.39. The molecule has 0 aliphatic heterocycles. The topological polar surface area (TPSA) is 0 Å². The van der Waals surface area contributed by atoms with Gasteiger partial charge < -0.3 is 0 Å². The second-order valence-electron chi connectivity index (χ2n) is 4.98. The smallest absolute Gasteiger partial charge is 0.129 e. The average Bonchev–Trinajstić information content (AvgIpc) is 2.36. The molecule has 1 aromatic carbocycles. The number of aryl methyl sites for hydroxylation is 1. The zero-order valence-electron chi connectivity index (χ0n) is 10.8. The molecule has 88 valence electrons. The number of benzene rings is 1. The lowest BCUT2D eigenvalue weighted by Gasteiger charge is -2.15. The summed E-state index contributed by atoms with van der Waals surface area (Å²) in [5, 5.41) is 1.42. The molecule has 1 aliphatic carbocycles. The van der Waals surface area contributed by atoms with Crippen LogP contribution < -0.4 is 5.19 Å². The van der Waals surface area contributed by atoms with Gasteiger partial charge in [0.05, 0.1) is 0 Å². The van der Waals surface area contributed by atoms with Gasteiger partial charge in [-0.15, -0.1) is 11.5 Å². The fraction of sp³-hybridized carbons (Fsp3) is 0.500. The van der Waals surface area contributed by atoms with Gasteiger partial charge in [0.25, 0.3) is 0 Å². The molecule has 0 nitrogen and oxygen atoms in total. The Labute approximate surface area is 108 Å². The van der Waals surface area contributed by atoms with Crippen LogP contribution in [0.4, 0.5) is 0 Å². The third-order valence-electron chi connectivity index (χ3n) is 3.68. The van der Waals surface area contributed by atoms with E-state index < -0.39 is 0 Å². The normalized spacial score (nSPS) is 16.4. The van der Waals surface area contributed by atoms with E-state index in [1.165, 1.54) is 48.4 Å². The minimum atomic E-state index is 0.663. The average molecular weight is 240 g/mol. The fourth-order valence-corrected chi connectivity index (χ4v) is 3.31. The van der Waals surface area contributed by atoms with Crippen molar-refractivity contribution in [3.63, 3.8) is 0 Å². The molecule has 0 atom stereocenters. The van der Waals surface area contributed by atoms with Crippen LogP contribution in [-0.4, -0.2) is 9.52 Å². The monoisotopic (exact) mass is 240 g/mol. The van der Waals surface area contributed by atoms with Gasteiger partial charge in [-0.3, -0.25) is 0 Å². The molecule has 0 bridgehead atoms. The van der Waals surface area contributed by atoms with Gasteiger partial charge in [0.15, 0.2) is 9.52 Å². The molecule has 1 saturated carbocycles. The summed E-state index contributed by atoms with van der Waals surface area (Å²) < 4.78 is 0. The van der Waals surface area contributed by atoms with Crippen molar-refractivity contribution in [2.45, 2.75) is 46.0 Å². The summed E-state index contributed by atoms with van der Waals surface area (Å²) in [5.41, 5.74) is 6.22. The Hall–Kier alpha value is -1.00. The van der Waals surface area contributed by atoms with Crippen molar-refractivity contribution in [1.82, 2.24) is 0 Å². The minimum absolute atomic E-state index is 0.663. The summed E-state index contributed by atoms with van der Waals surface area (Å²) >= 11 is 0. The first-order valence-electron chi connectivity index (χ1n) is 6.60. The highest BCUT2D eigenvalue weighted by atomic mass is 28.2. The van der Waals surface area contributed by atoms with Crippen LogP contribution in [0.25, 0.3) is 0 Å². The van der Waals surface area contributed by atoms with E-state index in [2.05, 4.69) is 43.5 Å². The second-order valence-corrected chi connectivity index (χ2v) is 6.02. The standard InChI is InChI=1S/C16H20Si/c1-13-7-6-10-16(14(13)2)17-12-11-15-8-4-3-5-9-15/h6-7,10,15H,3-5,8-9H2,1-2H3. The number of hydrogen-bond donors (Lipinski definition) is 0. The molecule has 0 N–H and O–H groups in total. The van der Waals surface area contributed by atoms with Crippen molar-refractivity contribution >= 4 is 14.7 Å². The summed E-state index contributed by atoms with van der Waals surface area (Å²) in [7, 11) is 0.663. The van der Waals surface area contributed by atoms with E-state index >= 15 is 0 Å². The lowest BCUT2D eigenvalue weighted by atomic mass is 9.90. The van der Waals surface area contributed by atoms with Crippen LogP contribution >= 0.6 is 0 Å². The fourth-order valence-electron chi connectivity index (χ4n) is 2.34. The van der Waals surface area contributed by atoms with Gasteiger partial charge in [-0.1, -0.05) is 37.5 Å². The van der Waals surface area contributed by atoms with Crippen molar-refractivity contribution < 1.29 is 0 Å². The number of rotatable bonds is 1. The Bertz CT molecular complexity index is 431. The highest BCUT2D eigenvalue weighted by Gasteiger charge is 2.09. The van der Waals surface area contributed by atoms with Crippen molar-refractivity contribution in [2.75, 3.05) is 0 Å². The molecule has 0 spiro atoms. The maximum atomic E-state index is 3.48. The van der Waals surface area contributed by atoms with Gasteiger partial charge in [-0.2, -0.15) is 0 Å². The first-order chi connectivity index (χ1) is 8.27. The molecule has 1 aliphatic rings. The van der Waals surface area contributed by atoms with E-state index in [1.54, 1.807) is 0 Å². The van der Waals surface area contributed by atoms with E-state index in [9.17, 15) is 0 Å². The van der Waals surface area contributed by atoms with E-state index in [4.69, 9.17) is 0 Å². The molecule has 1 aromatic rings. The highest BCUT2D eigenvalue weighted by Crippen LogP contribution is 2.22. The van der Waals surface area contributed by atoms with E-state index in [-0.39, 0.29) is 0 Å². The van der Waals surface area contributed by atoms with Gasteiger partial charge >= 0.3 is 0 Å². The van der Waals surface area contributed by atoms with Crippen molar-refractivity contribution in [3.8, 4) is 11.5 Å². The third kappa shape index (κ3) is 3.48. The van der Waals surface area contributed by atoms with Gasteiger partial charge in [0.1, 0.15) is 0 Å². The zero-order valence-corrected chi connectivity index (χ0v) is 11.8. The van der Waals surface area contributed by atoms with Gasteiger partial charge in [-0.25, -0.2) is 0 Å². The molecule has 17 heavy (non-hydrogen) atoms. The SMILES string of the molecule is Cc1cccc([Si]C#CC2CCCCC2)c1C. The van der Waals surface area contributed by atoms with Crippen molar-refractivity contribution in [2.24, 2.45) is 5.92 Å². The Balaban J connectivity index is 1.97. The third-order valence-corrected chi connectivity index (χ3v) is 4.76. The molecule has 0 heterocycles. The molecule has 0 unspecified atom stereocenters. The maximum absolute atomic E-state index is 3.48. The Morgan fingerprint density at radius 3 is 2.65 bits per heavy atom. The molecule has 2 radical (unpaired) electrons. The Kier molecular flexibility index (Phi) is 4.45. The molecular formula is C16H20Si. The Morgan fingerprint density at radius 2 is 1.88 bits per heavy atom. The molecule has 0 aromatic heterocycles. The van der Waals surface area contributed by atoms with Crippen LogP contribution in [0.3, 0.4) is 0 Å². The van der Waals surface area contributed by atoms with E-state index in [0.717, 1.165) is 0 Å². The largest absolute Gasteiger partial charge is 0.186 e. The van der Waals surface area contributed by atoms with Gasteiger partial charge in [0, 0.05) is 5.92 Å². The summed E-state index contributed by atoms with van der Waals surface area (Å²) in [4.78, 5) is 0. The van der Waals surface area contributed by atoms with Crippen LogP contribution in [-0.2, 0) is 0 Å². The van der Waals surface area contributed by atoms with Crippen LogP contribution in [0.5, 0.6) is 0 Å². The molecule has 0 saturated heterocycles. The quantitative estimate of drug-likeness (QED) is 0.522. The molecule has 0 amide bonds. The summed E-state index contributed by atoms with van der Waals surface area (Å²) in [6, 6.07) is 6.54. The highest BCUT2D eigenvalue weighted by molar-refractivity contribution is 6.62. The van der Waals surface area contributed by atoms with E-state index in [0.29, 0.717) is 15.4 Å². The minimum Gasteiger partial charge on any atom is -0.129 e. The first kappa shape index (κ1) is 12.5. The molecule has 2 rings (SSSR count).